The monoisotopic (exact) mass is 162 g/mol. The molecule has 0 aromatic heterocycles. The molecule has 0 spiro atoms. The Bertz CT molecular complexity index is 126. The first-order valence-electron chi connectivity index (χ1n) is 3.29. The van der Waals surface area contributed by atoms with E-state index in [4.69, 9.17) is 9.53 Å². The molecule has 1 unspecified atom stereocenters. The van der Waals surface area contributed by atoms with Gasteiger partial charge < -0.3 is 9.53 Å². The minimum Gasteiger partial charge on any atom is -0.481 e. The highest BCUT2D eigenvalue weighted by atomic mass is 28.2. The summed E-state index contributed by atoms with van der Waals surface area (Å²) in [5, 5.41) is 8.14. The highest BCUT2D eigenvalue weighted by molar-refractivity contribution is 6.39. The number of hydrogen-bond acceptors (Lipinski definition) is 2. The summed E-state index contributed by atoms with van der Waals surface area (Å²) in [5.74, 6) is -0.733. The third-order valence-corrected chi connectivity index (χ3v) is 3.49. The van der Waals surface area contributed by atoms with Gasteiger partial charge in [0.05, 0.1) is 5.04 Å². The molecule has 4 heteroatoms. The number of hydrogen-bond donors (Lipinski definition) is 1. The lowest BCUT2D eigenvalue weighted by molar-refractivity contribution is -0.140. The van der Waals surface area contributed by atoms with Gasteiger partial charge in [0, 0.05) is 7.11 Å². The van der Waals surface area contributed by atoms with Crippen LogP contribution in [0.3, 0.4) is 0 Å². The SMILES string of the molecule is CCC(C)([SiH2]OC)C(=O)O. The predicted molar refractivity (Wildman–Crippen MR) is 41.8 cm³/mol. The molecule has 0 amide bonds. The molecule has 0 aliphatic rings. The lowest BCUT2D eigenvalue weighted by Crippen LogP contribution is -2.27. The van der Waals surface area contributed by atoms with Gasteiger partial charge in [-0.25, -0.2) is 0 Å². The van der Waals surface area contributed by atoms with Gasteiger partial charge in [0.15, 0.2) is 9.76 Å². The second-order valence-corrected chi connectivity index (χ2v) is 5.08. The maximum atomic E-state index is 10.6. The summed E-state index contributed by atoms with van der Waals surface area (Å²) in [6.45, 7) is 3.62. The average molecular weight is 162 g/mol. The van der Waals surface area contributed by atoms with E-state index in [9.17, 15) is 4.79 Å². The summed E-state index contributed by atoms with van der Waals surface area (Å²) in [6, 6.07) is 0. The van der Waals surface area contributed by atoms with Gasteiger partial charge >= 0.3 is 5.97 Å². The van der Waals surface area contributed by atoms with Gasteiger partial charge in [-0.05, 0) is 13.3 Å². The molecule has 60 valence electrons. The Morgan fingerprint density at radius 3 is 2.40 bits per heavy atom. The van der Waals surface area contributed by atoms with E-state index in [2.05, 4.69) is 0 Å². The quantitative estimate of drug-likeness (QED) is 0.608. The van der Waals surface area contributed by atoms with Crippen molar-refractivity contribution in [1.82, 2.24) is 0 Å². The topological polar surface area (TPSA) is 46.5 Å². The lowest BCUT2D eigenvalue weighted by atomic mass is 10.1. The second kappa shape index (κ2) is 3.73. The molecule has 0 radical (unpaired) electrons. The highest BCUT2D eigenvalue weighted by Crippen LogP contribution is 2.27. The number of rotatable bonds is 4. The first kappa shape index (κ1) is 9.65. The van der Waals surface area contributed by atoms with Crippen molar-refractivity contribution in [2.75, 3.05) is 7.11 Å². The van der Waals surface area contributed by atoms with E-state index in [0.29, 0.717) is 6.42 Å². The van der Waals surface area contributed by atoms with Gasteiger partial charge in [0.2, 0.25) is 0 Å². The predicted octanol–water partition coefficient (Wildman–Crippen LogP) is 0.390. The number of carboxylic acid groups (broad SMARTS) is 1. The van der Waals surface area contributed by atoms with Crippen LogP contribution in [0.4, 0.5) is 0 Å². The molecule has 0 saturated heterocycles. The van der Waals surface area contributed by atoms with Crippen LogP contribution in [0.25, 0.3) is 0 Å². The summed E-state index contributed by atoms with van der Waals surface area (Å²) in [6.07, 6.45) is 0.655. The first-order valence-corrected chi connectivity index (χ1v) is 4.57. The summed E-state index contributed by atoms with van der Waals surface area (Å²) >= 11 is 0. The van der Waals surface area contributed by atoms with E-state index in [1.54, 1.807) is 14.0 Å². The Balaban J connectivity index is 4.08. The zero-order valence-corrected chi connectivity index (χ0v) is 8.09. The number of aliphatic carboxylic acids is 1. The van der Waals surface area contributed by atoms with Crippen LogP contribution in [0.15, 0.2) is 0 Å². The molecule has 0 bridgehead atoms. The Labute approximate surface area is 63.3 Å². The van der Waals surface area contributed by atoms with Crippen molar-refractivity contribution in [3.8, 4) is 0 Å². The molecule has 0 heterocycles. The maximum Gasteiger partial charge on any atom is 0.308 e. The fourth-order valence-electron chi connectivity index (χ4n) is 0.634. The van der Waals surface area contributed by atoms with Crippen molar-refractivity contribution in [2.24, 2.45) is 0 Å². The van der Waals surface area contributed by atoms with Crippen molar-refractivity contribution in [3.05, 3.63) is 0 Å². The molecular formula is C6H14O3Si. The Hall–Kier alpha value is -0.353. The normalized spacial score (nSPS) is 17.5. The first-order chi connectivity index (χ1) is 4.56. The smallest absolute Gasteiger partial charge is 0.308 e. The van der Waals surface area contributed by atoms with Crippen LogP contribution in [0.5, 0.6) is 0 Å². The van der Waals surface area contributed by atoms with Gasteiger partial charge in [-0.2, -0.15) is 0 Å². The minimum atomic E-state index is -0.908. The summed E-state index contributed by atoms with van der Waals surface area (Å²) in [5.41, 5.74) is 0. The average Bonchev–Trinajstić information content (AvgIpc) is 1.88. The third-order valence-electron chi connectivity index (χ3n) is 1.76. The fourth-order valence-corrected chi connectivity index (χ4v) is 1.60. The minimum absolute atomic E-state index is 0.575. The van der Waals surface area contributed by atoms with Crippen LogP contribution in [-0.2, 0) is 9.22 Å². The van der Waals surface area contributed by atoms with E-state index in [0.717, 1.165) is 0 Å². The molecular weight excluding hydrogens is 148 g/mol. The van der Waals surface area contributed by atoms with Crippen molar-refractivity contribution in [1.29, 1.82) is 0 Å². The standard InChI is InChI=1S/C6H14O3Si/c1-4-6(2,5(7)8)10-9-3/h4,10H2,1-3H3,(H,7,8). The lowest BCUT2D eigenvalue weighted by Gasteiger charge is -2.20. The molecule has 0 aromatic rings. The Morgan fingerprint density at radius 2 is 2.30 bits per heavy atom. The zero-order valence-electron chi connectivity index (χ0n) is 6.68. The molecule has 1 atom stereocenters. The van der Waals surface area contributed by atoms with E-state index in [-0.39, 0.29) is 0 Å². The summed E-state index contributed by atoms with van der Waals surface area (Å²) in [7, 11) is 0.665. The van der Waals surface area contributed by atoms with Gasteiger partial charge in [-0.15, -0.1) is 0 Å². The maximum absolute atomic E-state index is 10.6. The van der Waals surface area contributed by atoms with Crippen molar-refractivity contribution < 1.29 is 14.3 Å². The number of carboxylic acids is 1. The molecule has 0 rings (SSSR count). The molecule has 0 fully saturated rings. The van der Waals surface area contributed by atoms with Crippen LogP contribution in [0, 0.1) is 0 Å². The van der Waals surface area contributed by atoms with Crippen LogP contribution in [0.2, 0.25) is 5.04 Å². The van der Waals surface area contributed by atoms with Gasteiger partial charge in [-0.3, -0.25) is 4.79 Å². The van der Waals surface area contributed by atoms with Gasteiger partial charge in [-0.1, -0.05) is 6.92 Å². The third kappa shape index (κ3) is 2.11. The molecule has 10 heavy (non-hydrogen) atoms. The largest absolute Gasteiger partial charge is 0.481 e. The van der Waals surface area contributed by atoms with Crippen molar-refractivity contribution >= 4 is 15.7 Å². The van der Waals surface area contributed by atoms with Crippen molar-refractivity contribution in [2.45, 2.75) is 25.3 Å². The molecule has 1 N–H and O–H groups in total. The zero-order chi connectivity index (χ0) is 8.20. The Morgan fingerprint density at radius 1 is 1.80 bits per heavy atom. The molecule has 0 aliphatic carbocycles. The highest BCUT2D eigenvalue weighted by Gasteiger charge is 2.31. The van der Waals surface area contributed by atoms with Crippen molar-refractivity contribution in [3.63, 3.8) is 0 Å². The van der Waals surface area contributed by atoms with Gasteiger partial charge in [0.25, 0.3) is 0 Å². The fraction of sp³-hybridized carbons (Fsp3) is 0.833. The molecule has 3 nitrogen and oxygen atoms in total. The van der Waals surface area contributed by atoms with E-state index < -0.39 is 20.8 Å². The van der Waals surface area contributed by atoms with E-state index in [1.807, 2.05) is 6.92 Å². The van der Waals surface area contributed by atoms with Gasteiger partial charge in [0.1, 0.15) is 0 Å². The van der Waals surface area contributed by atoms with E-state index in [1.165, 1.54) is 0 Å². The second-order valence-electron chi connectivity index (χ2n) is 2.65. The van der Waals surface area contributed by atoms with Crippen LogP contribution < -0.4 is 0 Å². The Kier molecular flexibility index (Phi) is 3.60. The summed E-state index contributed by atoms with van der Waals surface area (Å²) < 4.78 is 4.92. The summed E-state index contributed by atoms with van der Waals surface area (Å²) in [4.78, 5) is 10.6. The number of carbonyl (C=O) groups is 1. The molecule has 0 aromatic carbocycles. The van der Waals surface area contributed by atoms with Crippen LogP contribution in [-0.4, -0.2) is 27.9 Å². The van der Waals surface area contributed by atoms with Crippen LogP contribution in [0.1, 0.15) is 20.3 Å². The van der Waals surface area contributed by atoms with E-state index >= 15 is 0 Å². The molecule has 0 aliphatic heterocycles. The van der Waals surface area contributed by atoms with Crippen LogP contribution >= 0.6 is 0 Å². The molecule has 0 saturated carbocycles.